The Hall–Kier alpha value is -3.30. The van der Waals surface area contributed by atoms with Gasteiger partial charge in [0.15, 0.2) is 11.5 Å². The van der Waals surface area contributed by atoms with Gasteiger partial charge >= 0.3 is 5.97 Å². The first-order chi connectivity index (χ1) is 9.49. The van der Waals surface area contributed by atoms with Gasteiger partial charge in [-0.05, 0) is 0 Å². The van der Waals surface area contributed by atoms with E-state index in [9.17, 15) is 19.7 Å². The minimum absolute atomic E-state index is 0.0984. The van der Waals surface area contributed by atoms with E-state index in [1.807, 2.05) is 0 Å². The molecule has 0 unspecified atom stereocenters. The largest absolute Gasteiger partial charge is 0.476 e. The molecule has 0 saturated heterocycles. The number of nitro groups is 1. The number of carbonyl (C=O) groups excluding carboxylic acids is 1. The van der Waals surface area contributed by atoms with Crippen molar-refractivity contribution in [3.8, 4) is 0 Å². The van der Waals surface area contributed by atoms with Crippen LogP contribution in [-0.4, -0.2) is 36.9 Å². The average molecular weight is 277 g/mol. The van der Waals surface area contributed by atoms with Crippen molar-refractivity contribution in [1.29, 1.82) is 0 Å². The van der Waals surface area contributed by atoms with Crippen LogP contribution in [0.4, 0.5) is 11.5 Å². The summed E-state index contributed by atoms with van der Waals surface area (Å²) in [6.07, 6.45) is 3.42. The topological polar surface area (TPSA) is 151 Å². The molecule has 2 rings (SSSR count). The third-order valence-electron chi connectivity index (χ3n) is 2.26. The second-order valence-corrected chi connectivity index (χ2v) is 3.54. The van der Waals surface area contributed by atoms with Crippen molar-refractivity contribution in [3.05, 3.63) is 46.2 Å². The summed E-state index contributed by atoms with van der Waals surface area (Å²) >= 11 is 0. The summed E-state index contributed by atoms with van der Waals surface area (Å²) in [6, 6.07) is 1.02. The summed E-state index contributed by atoms with van der Waals surface area (Å²) in [5.41, 5.74) is -0.812. The molecule has 10 heteroatoms. The highest BCUT2D eigenvalue weighted by molar-refractivity contribution is 6.05. The molecule has 10 nitrogen and oxygen atoms in total. The molecule has 0 aliphatic rings. The lowest BCUT2D eigenvalue weighted by atomic mass is 10.3. The van der Waals surface area contributed by atoms with Crippen LogP contribution >= 0.6 is 0 Å². The van der Waals surface area contributed by atoms with Gasteiger partial charge in [-0.3, -0.25) is 14.9 Å². The SMILES string of the molecule is O=C(Nc1nccnc1C(=O)O)c1cc([N+](=O)[O-])c[nH]1. The van der Waals surface area contributed by atoms with Crippen LogP contribution in [0.15, 0.2) is 24.7 Å². The number of carboxylic acid groups (broad SMARTS) is 1. The Labute approximate surface area is 110 Å². The fourth-order valence-corrected chi connectivity index (χ4v) is 1.38. The molecule has 0 atom stereocenters. The normalized spacial score (nSPS) is 10.0. The molecule has 102 valence electrons. The Bertz CT molecular complexity index is 695. The van der Waals surface area contributed by atoms with E-state index in [0.717, 1.165) is 12.3 Å². The third kappa shape index (κ3) is 2.58. The number of rotatable bonds is 4. The molecule has 2 heterocycles. The quantitative estimate of drug-likeness (QED) is 0.548. The number of aromatic nitrogens is 3. The Morgan fingerprint density at radius 3 is 2.65 bits per heavy atom. The Kier molecular flexibility index (Phi) is 3.37. The summed E-state index contributed by atoms with van der Waals surface area (Å²) in [5.74, 6) is -2.37. The van der Waals surface area contributed by atoms with E-state index in [4.69, 9.17) is 5.11 Å². The lowest BCUT2D eigenvalue weighted by Crippen LogP contribution is -2.17. The zero-order valence-electron chi connectivity index (χ0n) is 9.73. The van der Waals surface area contributed by atoms with Crippen LogP contribution in [0.1, 0.15) is 21.0 Å². The van der Waals surface area contributed by atoms with Gasteiger partial charge < -0.3 is 15.4 Å². The number of aromatic amines is 1. The number of anilines is 1. The standard InChI is InChI=1S/C10H7N5O5/c16-9(6-3-5(4-13-6)15(19)20)14-8-7(10(17)18)11-1-2-12-8/h1-4,13H,(H,17,18)(H,12,14,16). The van der Waals surface area contributed by atoms with Crippen molar-refractivity contribution in [2.75, 3.05) is 5.32 Å². The molecule has 3 N–H and O–H groups in total. The molecule has 1 amide bonds. The van der Waals surface area contributed by atoms with Crippen molar-refractivity contribution in [2.45, 2.75) is 0 Å². The molecule has 20 heavy (non-hydrogen) atoms. The molecule has 0 aliphatic heterocycles. The molecule has 2 aromatic rings. The smallest absolute Gasteiger partial charge is 0.358 e. The van der Waals surface area contributed by atoms with Gasteiger partial charge in [0.25, 0.3) is 11.6 Å². The predicted octanol–water partition coefficient (Wildman–Crippen LogP) is 0.663. The monoisotopic (exact) mass is 277 g/mol. The van der Waals surface area contributed by atoms with E-state index < -0.39 is 22.5 Å². The maximum atomic E-state index is 11.8. The second kappa shape index (κ2) is 5.14. The zero-order chi connectivity index (χ0) is 14.7. The van der Waals surface area contributed by atoms with Gasteiger partial charge in [0, 0.05) is 18.5 Å². The first kappa shape index (κ1) is 13.1. The van der Waals surface area contributed by atoms with Crippen LogP contribution in [-0.2, 0) is 0 Å². The van der Waals surface area contributed by atoms with E-state index in [1.165, 1.54) is 12.4 Å². The maximum absolute atomic E-state index is 11.8. The number of nitrogens with one attached hydrogen (secondary N) is 2. The summed E-state index contributed by atoms with van der Waals surface area (Å²) in [7, 11) is 0. The number of aromatic carboxylic acids is 1. The number of H-pyrrole nitrogens is 1. The molecule has 0 radical (unpaired) electrons. The number of hydrogen-bond donors (Lipinski definition) is 3. The predicted molar refractivity (Wildman–Crippen MR) is 64.4 cm³/mol. The van der Waals surface area contributed by atoms with Crippen molar-refractivity contribution in [3.63, 3.8) is 0 Å². The Morgan fingerprint density at radius 2 is 2.05 bits per heavy atom. The van der Waals surface area contributed by atoms with Gasteiger partial charge in [-0.2, -0.15) is 0 Å². The molecule has 0 spiro atoms. The lowest BCUT2D eigenvalue weighted by molar-refractivity contribution is -0.384. The molecule has 0 fully saturated rings. The first-order valence-electron chi connectivity index (χ1n) is 5.17. The van der Waals surface area contributed by atoms with Gasteiger partial charge in [-0.25, -0.2) is 14.8 Å². The van der Waals surface area contributed by atoms with Crippen molar-refractivity contribution in [1.82, 2.24) is 15.0 Å². The zero-order valence-corrected chi connectivity index (χ0v) is 9.73. The van der Waals surface area contributed by atoms with Gasteiger partial charge in [0.05, 0.1) is 11.1 Å². The highest BCUT2D eigenvalue weighted by atomic mass is 16.6. The number of nitrogens with zero attached hydrogens (tertiary/aromatic N) is 3. The van der Waals surface area contributed by atoms with Crippen LogP contribution in [0.2, 0.25) is 0 Å². The number of carbonyl (C=O) groups is 2. The number of amides is 1. The highest BCUT2D eigenvalue weighted by Gasteiger charge is 2.18. The van der Waals surface area contributed by atoms with E-state index in [0.29, 0.717) is 0 Å². The second-order valence-electron chi connectivity index (χ2n) is 3.54. The van der Waals surface area contributed by atoms with E-state index in [-0.39, 0.29) is 17.2 Å². The average Bonchev–Trinajstić information content (AvgIpc) is 2.89. The number of hydrogen-bond acceptors (Lipinski definition) is 6. The molecule has 2 aromatic heterocycles. The highest BCUT2D eigenvalue weighted by Crippen LogP contribution is 2.14. The van der Waals surface area contributed by atoms with Crippen molar-refractivity contribution in [2.24, 2.45) is 0 Å². The van der Waals surface area contributed by atoms with Crippen LogP contribution in [0.3, 0.4) is 0 Å². The van der Waals surface area contributed by atoms with Gasteiger partial charge in [-0.15, -0.1) is 0 Å². The molecular formula is C10H7N5O5. The molecule has 0 aromatic carbocycles. The first-order valence-corrected chi connectivity index (χ1v) is 5.17. The van der Waals surface area contributed by atoms with Crippen LogP contribution in [0.5, 0.6) is 0 Å². The summed E-state index contributed by atoms with van der Waals surface area (Å²) in [6.45, 7) is 0. The molecule has 0 aliphatic carbocycles. The number of carboxylic acids is 1. The summed E-state index contributed by atoms with van der Waals surface area (Å²) < 4.78 is 0. The minimum atomic E-state index is -1.36. The summed E-state index contributed by atoms with van der Waals surface area (Å²) in [4.78, 5) is 42.2. The van der Waals surface area contributed by atoms with E-state index in [1.54, 1.807) is 0 Å². The van der Waals surface area contributed by atoms with Crippen molar-refractivity contribution < 1.29 is 19.6 Å². The van der Waals surface area contributed by atoms with Crippen LogP contribution in [0.25, 0.3) is 0 Å². The van der Waals surface area contributed by atoms with E-state index >= 15 is 0 Å². The Balaban J connectivity index is 2.23. The molecule has 0 bridgehead atoms. The lowest BCUT2D eigenvalue weighted by Gasteiger charge is -2.04. The van der Waals surface area contributed by atoms with Gasteiger partial charge in [-0.1, -0.05) is 0 Å². The van der Waals surface area contributed by atoms with Gasteiger partial charge in [0.2, 0.25) is 0 Å². The fourth-order valence-electron chi connectivity index (χ4n) is 1.38. The Morgan fingerprint density at radius 1 is 1.35 bits per heavy atom. The van der Waals surface area contributed by atoms with Crippen LogP contribution < -0.4 is 5.32 Å². The fraction of sp³-hybridized carbons (Fsp3) is 0. The third-order valence-corrected chi connectivity index (χ3v) is 2.26. The summed E-state index contributed by atoms with van der Waals surface area (Å²) in [5, 5.41) is 21.6. The molecule has 0 saturated carbocycles. The minimum Gasteiger partial charge on any atom is -0.476 e. The van der Waals surface area contributed by atoms with Crippen LogP contribution in [0, 0.1) is 10.1 Å². The van der Waals surface area contributed by atoms with E-state index in [2.05, 4.69) is 20.3 Å². The molecular weight excluding hydrogens is 270 g/mol. The van der Waals surface area contributed by atoms with Gasteiger partial charge in [0.1, 0.15) is 5.69 Å². The maximum Gasteiger partial charge on any atom is 0.358 e. The van der Waals surface area contributed by atoms with Crippen molar-refractivity contribution >= 4 is 23.4 Å².